The van der Waals surface area contributed by atoms with E-state index in [9.17, 15) is 0 Å². The van der Waals surface area contributed by atoms with Gasteiger partial charge < -0.3 is 15.0 Å². The number of likely N-dealkylation sites (N-methyl/N-ethyl adjacent to an activating group) is 1. The van der Waals surface area contributed by atoms with Gasteiger partial charge in [-0.25, -0.2) is 0 Å². The Bertz CT molecular complexity index is 212. The van der Waals surface area contributed by atoms with Gasteiger partial charge in [0.2, 0.25) is 0 Å². The van der Waals surface area contributed by atoms with Crippen molar-refractivity contribution < 1.29 is 4.74 Å². The van der Waals surface area contributed by atoms with Gasteiger partial charge in [-0.3, -0.25) is 0 Å². The zero-order valence-electron chi connectivity index (χ0n) is 9.83. The molecule has 0 aliphatic carbocycles. The molecule has 15 heavy (non-hydrogen) atoms. The molecular weight excluding hydrogens is 188 g/mol. The number of terminal acetylenes is 1. The van der Waals surface area contributed by atoms with Crippen molar-refractivity contribution in [3.05, 3.63) is 0 Å². The van der Waals surface area contributed by atoms with Crippen LogP contribution in [0.1, 0.15) is 19.8 Å². The minimum Gasteiger partial charge on any atom is -0.374 e. The van der Waals surface area contributed by atoms with E-state index in [0.29, 0.717) is 0 Å². The van der Waals surface area contributed by atoms with E-state index in [-0.39, 0.29) is 12.1 Å². The molecule has 1 rings (SSSR count). The summed E-state index contributed by atoms with van der Waals surface area (Å²) in [4.78, 5) is 2.29. The molecule has 1 fully saturated rings. The topological polar surface area (TPSA) is 24.5 Å². The lowest BCUT2D eigenvalue weighted by Crippen LogP contribution is -2.46. The van der Waals surface area contributed by atoms with Crippen molar-refractivity contribution in [3.8, 4) is 12.3 Å². The molecule has 0 aromatic carbocycles. The molecule has 1 aliphatic heterocycles. The number of rotatable bonds is 5. The SMILES string of the molecule is C#CC(CCC)NCC1CN(C)CCO1. The van der Waals surface area contributed by atoms with Gasteiger partial charge in [0.1, 0.15) is 0 Å². The summed E-state index contributed by atoms with van der Waals surface area (Å²) in [5, 5.41) is 3.37. The average molecular weight is 210 g/mol. The molecule has 1 N–H and O–H groups in total. The summed E-state index contributed by atoms with van der Waals surface area (Å²) in [6.07, 6.45) is 7.89. The third-order valence-corrected chi connectivity index (χ3v) is 2.71. The fraction of sp³-hybridized carbons (Fsp3) is 0.833. The van der Waals surface area contributed by atoms with E-state index in [2.05, 4.69) is 30.1 Å². The van der Waals surface area contributed by atoms with Crippen molar-refractivity contribution in [1.29, 1.82) is 0 Å². The molecule has 0 saturated carbocycles. The van der Waals surface area contributed by atoms with Crippen LogP contribution in [0.5, 0.6) is 0 Å². The van der Waals surface area contributed by atoms with Gasteiger partial charge in [0.15, 0.2) is 0 Å². The van der Waals surface area contributed by atoms with Gasteiger partial charge >= 0.3 is 0 Å². The van der Waals surface area contributed by atoms with Crippen LogP contribution in [-0.2, 0) is 4.74 Å². The summed E-state index contributed by atoms with van der Waals surface area (Å²) < 4.78 is 5.65. The summed E-state index contributed by atoms with van der Waals surface area (Å²) >= 11 is 0. The van der Waals surface area contributed by atoms with Crippen LogP contribution in [0.2, 0.25) is 0 Å². The second kappa shape index (κ2) is 6.84. The number of nitrogens with one attached hydrogen (secondary N) is 1. The Morgan fingerprint density at radius 1 is 1.67 bits per heavy atom. The van der Waals surface area contributed by atoms with Crippen molar-refractivity contribution in [2.45, 2.75) is 31.9 Å². The Morgan fingerprint density at radius 2 is 2.47 bits per heavy atom. The first-order chi connectivity index (χ1) is 7.26. The van der Waals surface area contributed by atoms with Crippen molar-refractivity contribution in [1.82, 2.24) is 10.2 Å². The highest BCUT2D eigenvalue weighted by Gasteiger charge is 2.18. The first-order valence-corrected chi connectivity index (χ1v) is 5.76. The fourth-order valence-corrected chi connectivity index (χ4v) is 1.80. The van der Waals surface area contributed by atoms with Crippen LogP contribution in [0.3, 0.4) is 0 Å². The van der Waals surface area contributed by atoms with E-state index in [0.717, 1.165) is 39.1 Å². The Labute approximate surface area is 93.2 Å². The van der Waals surface area contributed by atoms with Gasteiger partial charge in [0, 0.05) is 19.6 Å². The van der Waals surface area contributed by atoms with Crippen LogP contribution >= 0.6 is 0 Å². The molecule has 0 radical (unpaired) electrons. The van der Waals surface area contributed by atoms with Crippen LogP contribution < -0.4 is 5.32 Å². The lowest BCUT2D eigenvalue weighted by molar-refractivity contribution is -0.0187. The van der Waals surface area contributed by atoms with E-state index in [4.69, 9.17) is 11.2 Å². The van der Waals surface area contributed by atoms with E-state index in [1.807, 2.05) is 0 Å². The summed E-state index contributed by atoms with van der Waals surface area (Å²) in [5.74, 6) is 2.77. The molecule has 0 aromatic heterocycles. The Morgan fingerprint density at radius 3 is 3.07 bits per heavy atom. The maximum Gasteiger partial charge on any atom is 0.0827 e. The monoisotopic (exact) mass is 210 g/mol. The summed E-state index contributed by atoms with van der Waals surface area (Å²) in [7, 11) is 2.13. The van der Waals surface area contributed by atoms with E-state index in [1.165, 1.54) is 0 Å². The Kier molecular flexibility index (Phi) is 5.70. The second-order valence-electron chi connectivity index (χ2n) is 4.17. The molecule has 3 nitrogen and oxygen atoms in total. The second-order valence-corrected chi connectivity index (χ2v) is 4.17. The molecule has 2 atom stereocenters. The predicted molar refractivity (Wildman–Crippen MR) is 62.8 cm³/mol. The fourth-order valence-electron chi connectivity index (χ4n) is 1.80. The van der Waals surface area contributed by atoms with Gasteiger partial charge in [0.05, 0.1) is 18.8 Å². The molecule has 0 spiro atoms. The average Bonchev–Trinajstić information content (AvgIpc) is 2.24. The number of ether oxygens (including phenoxy) is 1. The summed E-state index contributed by atoms with van der Waals surface area (Å²) in [5.41, 5.74) is 0. The van der Waals surface area contributed by atoms with Crippen molar-refractivity contribution in [2.24, 2.45) is 0 Å². The highest BCUT2D eigenvalue weighted by Crippen LogP contribution is 2.03. The van der Waals surface area contributed by atoms with Crippen LogP contribution in [0.4, 0.5) is 0 Å². The van der Waals surface area contributed by atoms with Crippen LogP contribution in [-0.4, -0.2) is 50.3 Å². The maximum atomic E-state index is 5.65. The number of hydrogen-bond donors (Lipinski definition) is 1. The molecule has 2 unspecified atom stereocenters. The van der Waals surface area contributed by atoms with Gasteiger partial charge in [-0.05, 0) is 13.5 Å². The quantitative estimate of drug-likeness (QED) is 0.676. The van der Waals surface area contributed by atoms with Crippen LogP contribution in [0.25, 0.3) is 0 Å². The zero-order valence-corrected chi connectivity index (χ0v) is 9.83. The molecule has 86 valence electrons. The largest absolute Gasteiger partial charge is 0.374 e. The van der Waals surface area contributed by atoms with Gasteiger partial charge in [-0.15, -0.1) is 6.42 Å². The third kappa shape index (κ3) is 4.65. The first-order valence-electron chi connectivity index (χ1n) is 5.76. The van der Waals surface area contributed by atoms with Crippen LogP contribution in [0, 0.1) is 12.3 Å². The molecule has 0 bridgehead atoms. The maximum absolute atomic E-state index is 5.65. The van der Waals surface area contributed by atoms with Crippen molar-refractivity contribution in [3.63, 3.8) is 0 Å². The normalized spacial score (nSPS) is 24.7. The minimum absolute atomic E-state index is 0.200. The van der Waals surface area contributed by atoms with Crippen LogP contribution in [0.15, 0.2) is 0 Å². The van der Waals surface area contributed by atoms with Crippen molar-refractivity contribution in [2.75, 3.05) is 33.3 Å². The summed E-state index contributed by atoms with van der Waals surface area (Å²) in [6, 6.07) is 0.200. The van der Waals surface area contributed by atoms with Gasteiger partial charge in [0.25, 0.3) is 0 Å². The van der Waals surface area contributed by atoms with Gasteiger partial charge in [-0.2, -0.15) is 0 Å². The number of hydrogen-bond acceptors (Lipinski definition) is 3. The van der Waals surface area contributed by atoms with E-state index >= 15 is 0 Å². The Balaban J connectivity index is 2.20. The highest BCUT2D eigenvalue weighted by atomic mass is 16.5. The standard InChI is InChI=1S/C12H22N2O/c1-4-6-11(5-2)13-9-12-10-14(3)7-8-15-12/h2,11-13H,4,6-10H2,1,3H3. The number of morpholine rings is 1. The van der Waals surface area contributed by atoms with Crippen molar-refractivity contribution >= 4 is 0 Å². The summed E-state index contributed by atoms with van der Waals surface area (Å²) in [6.45, 7) is 5.87. The molecular formula is C12H22N2O. The third-order valence-electron chi connectivity index (χ3n) is 2.71. The molecule has 0 aromatic rings. The highest BCUT2D eigenvalue weighted by molar-refractivity contribution is 4.98. The lowest BCUT2D eigenvalue weighted by Gasteiger charge is -2.30. The number of nitrogens with zero attached hydrogens (tertiary/aromatic N) is 1. The van der Waals surface area contributed by atoms with Gasteiger partial charge in [-0.1, -0.05) is 19.3 Å². The predicted octanol–water partition coefficient (Wildman–Crippen LogP) is 0.709. The lowest BCUT2D eigenvalue weighted by atomic mass is 10.1. The Hall–Kier alpha value is -0.560. The smallest absolute Gasteiger partial charge is 0.0827 e. The molecule has 1 heterocycles. The minimum atomic E-state index is 0.200. The molecule has 1 saturated heterocycles. The zero-order chi connectivity index (χ0) is 11.1. The first kappa shape index (κ1) is 12.5. The molecule has 3 heteroatoms. The molecule has 1 aliphatic rings. The van der Waals surface area contributed by atoms with E-state index < -0.39 is 0 Å². The molecule has 0 amide bonds. The van der Waals surface area contributed by atoms with E-state index in [1.54, 1.807) is 0 Å².